The normalized spacial score (nSPS) is 14.5. The molecule has 2 aromatic carbocycles. The molecule has 2 amide bonds. The van der Waals surface area contributed by atoms with Crippen LogP contribution in [0.3, 0.4) is 0 Å². The summed E-state index contributed by atoms with van der Waals surface area (Å²) in [5.41, 5.74) is 2.15. The fourth-order valence-corrected chi connectivity index (χ4v) is 3.44. The molecule has 0 radical (unpaired) electrons. The first kappa shape index (κ1) is 22.6. The third kappa shape index (κ3) is 8.26. The van der Waals surface area contributed by atoms with Crippen LogP contribution in [0, 0.1) is 0 Å². The summed E-state index contributed by atoms with van der Waals surface area (Å²) in [7, 11) is 0. The Kier molecular flexibility index (Phi) is 9.13. The number of rotatable bonds is 9. The van der Waals surface area contributed by atoms with Crippen LogP contribution in [-0.4, -0.2) is 61.1 Å². The van der Waals surface area contributed by atoms with Gasteiger partial charge in [0.1, 0.15) is 6.61 Å². The standard InChI is InChI=1S/C25H31N3O3/c29-24(14-7-15-26-25(30)31-21-23-11-5-2-6-12-23)28-19-17-27(18-20-28)16-8-13-22-9-3-1-4-10-22/h1-6,8-13H,7,14-21H2,(H,26,30)/b13-8+. The van der Waals surface area contributed by atoms with Crippen LogP contribution in [0.4, 0.5) is 4.79 Å². The highest BCUT2D eigenvalue weighted by Crippen LogP contribution is 2.07. The van der Waals surface area contributed by atoms with Gasteiger partial charge in [0.15, 0.2) is 0 Å². The van der Waals surface area contributed by atoms with Crippen LogP contribution in [0.15, 0.2) is 66.7 Å². The number of hydrogen-bond acceptors (Lipinski definition) is 4. The maximum atomic E-state index is 12.4. The van der Waals surface area contributed by atoms with Crippen LogP contribution in [0.5, 0.6) is 0 Å². The summed E-state index contributed by atoms with van der Waals surface area (Å²) in [6.45, 7) is 4.85. The minimum Gasteiger partial charge on any atom is -0.445 e. The molecule has 0 atom stereocenters. The molecule has 1 aliphatic rings. The Balaban J connectivity index is 1.24. The Morgan fingerprint density at radius 1 is 0.935 bits per heavy atom. The van der Waals surface area contributed by atoms with E-state index in [0.29, 0.717) is 19.4 Å². The Morgan fingerprint density at radius 3 is 2.32 bits per heavy atom. The maximum absolute atomic E-state index is 12.4. The predicted octanol–water partition coefficient (Wildman–Crippen LogP) is 3.55. The summed E-state index contributed by atoms with van der Waals surface area (Å²) in [6.07, 6.45) is 4.91. The second-order valence-corrected chi connectivity index (χ2v) is 7.59. The molecule has 1 heterocycles. The van der Waals surface area contributed by atoms with Gasteiger partial charge in [-0.3, -0.25) is 9.69 Å². The molecular weight excluding hydrogens is 390 g/mol. The van der Waals surface area contributed by atoms with Crippen molar-refractivity contribution in [3.05, 3.63) is 77.9 Å². The molecule has 1 aliphatic heterocycles. The number of piperazine rings is 1. The summed E-state index contributed by atoms with van der Waals surface area (Å²) in [6, 6.07) is 19.8. The van der Waals surface area contributed by atoms with Crippen molar-refractivity contribution >= 4 is 18.1 Å². The molecule has 31 heavy (non-hydrogen) atoms. The zero-order valence-corrected chi connectivity index (χ0v) is 17.9. The number of carbonyl (C=O) groups is 2. The van der Waals surface area contributed by atoms with Crippen molar-refractivity contribution in [2.75, 3.05) is 39.3 Å². The van der Waals surface area contributed by atoms with E-state index in [2.05, 4.69) is 34.5 Å². The summed E-state index contributed by atoms with van der Waals surface area (Å²) in [4.78, 5) is 28.4. The molecule has 3 rings (SSSR count). The van der Waals surface area contributed by atoms with E-state index in [1.54, 1.807) is 0 Å². The van der Waals surface area contributed by atoms with Gasteiger partial charge in [0.2, 0.25) is 5.91 Å². The van der Waals surface area contributed by atoms with E-state index in [9.17, 15) is 9.59 Å². The van der Waals surface area contributed by atoms with Crippen LogP contribution >= 0.6 is 0 Å². The van der Waals surface area contributed by atoms with E-state index in [0.717, 1.165) is 38.3 Å². The zero-order valence-electron chi connectivity index (χ0n) is 17.9. The number of benzene rings is 2. The Bertz CT molecular complexity index is 832. The van der Waals surface area contributed by atoms with Crippen molar-refractivity contribution in [1.29, 1.82) is 0 Å². The van der Waals surface area contributed by atoms with Crippen LogP contribution in [0.25, 0.3) is 6.08 Å². The molecule has 0 aromatic heterocycles. The first-order chi connectivity index (χ1) is 15.2. The second kappa shape index (κ2) is 12.5. The minimum absolute atomic E-state index is 0.152. The van der Waals surface area contributed by atoms with Gasteiger partial charge < -0.3 is 15.0 Å². The van der Waals surface area contributed by atoms with Crippen LogP contribution in [0.2, 0.25) is 0 Å². The van der Waals surface area contributed by atoms with Crippen molar-refractivity contribution in [2.45, 2.75) is 19.4 Å². The molecule has 0 bridgehead atoms. The molecule has 164 valence electrons. The monoisotopic (exact) mass is 421 g/mol. The summed E-state index contributed by atoms with van der Waals surface area (Å²) in [5, 5.41) is 2.71. The smallest absolute Gasteiger partial charge is 0.407 e. The van der Waals surface area contributed by atoms with E-state index in [1.807, 2.05) is 53.4 Å². The number of nitrogens with zero attached hydrogens (tertiary/aromatic N) is 2. The van der Waals surface area contributed by atoms with Crippen molar-refractivity contribution in [1.82, 2.24) is 15.1 Å². The van der Waals surface area contributed by atoms with E-state index < -0.39 is 6.09 Å². The SMILES string of the molecule is O=C(NCCCC(=O)N1CCN(C/C=C/c2ccccc2)CC1)OCc1ccccc1. The molecule has 6 nitrogen and oxygen atoms in total. The van der Waals surface area contributed by atoms with Crippen LogP contribution in [-0.2, 0) is 16.1 Å². The Hall–Kier alpha value is -3.12. The van der Waals surface area contributed by atoms with Gasteiger partial charge in [0.25, 0.3) is 0 Å². The molecule has 0 saturated carbocycles. The van der Waals surface area contributed by atoms with E-state index in [4.69, 9.17) is 4.74 Å². The molecule has 2 aromatic rings. The summed E-state index contributed by atoms with van der Waals surface area (Å²) >= 11 is 0. The third-order valence-electron chi connectivity index (χ3n) is 5.25. The van der Waals surface area contributed by atoms with Crippen molar-refractivity contribution in [2.24, 2.45) is 0 Å². The maximum Gasteiger partial charge on any atom is 0.407 e. The lowest BCUT2D eigenvalue weighted by Crippen LogP contribution is -2.48. The highest BCUT2D eigenvalue weighted by molar-refractivity contribution is 5.76. The summed E-state index contributed by atoms with van der Waals surface area (Å²) < 4.78 is 5.17. The molecule has 1 fully saturated rings. The number of carbonyl (C=O) groups excluding carboxylic acids is 2. The highest BCUT2D eigenvalue weighted by Gasteiger charge is 2.19. The summed E-state index contributed by atoms with van der Waals surface area (Å²) in [5.74, 6) is 0.152. The van der Waals surface area contributed by atoms with Crippen LogP contribution in [0.1, 0.15) is 24.0 Å². The number of nitrogens with one attached hydrogen (secondary N) is 1. The second-order valence-electron chi connectivity index (χ2n) is 7.59. The molecule has 1 N–H and O–H groups in total. The number of alkyl carbamates (subject to hydrolysis) is 1. The average molecular weight is 422 g/mol. The van der Waals surface area contributed by atoms with Gasteiger partial charge >= 0.3 is 6.09 Å². The minimum atomic E-state index is -0.450. The average Bonchev–Trinajstić information content (AvgIpc) is 2.82. The van der Waals surface area contributed by atoms with Crippen LogP contribution < -0.4 is 5.32 Å². The zero-order chi connectivity index (χ0) is 21.7. The van der Waals surface area contributed by atoms with Gasteiger partial charge in [-0.1, -0.05) is 72.8 Å². The lowest BCUT2D eigenvalue weighted by Gasteiger charge is -2.34. The van der Waals surface area contributed by atoms with Crippen molar-refractivity contribution in [3.8, 4) is 0 Å². The van der Waals surface area contributed by atoms with Gasteiger partial charge in [-0.15, -0.1) is 0 Å². The number of amides is 2. The molecular formula is C25H31N3O3. The quantitative estimate of drug-likeness (QED) is 0.629. The van der Waals surface area contributed by atoms with Gasteiger partial charge in [0.05, 0.1) is 0 Å². The largest absolute Gasteiger partial charge is 0.445 e. The molecule has 0 aliphatic carbocycles. The third-order valence-corrected chi connectivity index (χ3v) is 5.25. The first-order valence-corrected chi connectivity index (χ1v) is 10.9. The highest BCUT2D eigenvalue weighted by atomic mass is 16.5. The van der Waals surface area contributed by atoms with Crippen molar-refractivity contribution in [3.63, 3.8) is 0 Å². The van der Waals surface area contributed by atoms with Gasteiger partial charge in [0, 0.05) is 45.7 Å². The molecule has 1 saturated heterocycles. The molecule has 0 unspecified atom stereocenters. The fourth-order valence-electron chi connectivity index (χ4n) is 3.44. The van der Waals surface area contributed by atoms with Gasteiger partial charge in [-0.2, -0.15) is 0 Å². The Morgan fingerprint density at radius 2 is 1.61 bits per heavy atom. The first-order valence-electron chi connectivity index (χ1n) is 10.9. The van der Waals surface area contributed by atoms with E-state index in [-0.39, 0.29) is 12.5 Å². The topological polar surface area (TPSA) is 61.9 Å². The van der Waals surface area contributed by atoms with Gasteiger partial charge in [-0.25, -0.2) is 4.79 Å². The number of hydrogen-bond donors (Lipinski definition) is 1. The molecule has 6 heteroatoms. The fraction of sp³-hybridized carbons (Fsp3) is 0.360. The predicted molar refractivity (Wildman–Crippen MR) is 122 cm³/mol. The van der Waals surface area contributed by atoms with E-state index in [1.165, 1.54) is 5.56 Å². The van der Waals surface area contributed by atoms with Gasteiger partial charge in [-0.05, 0) is 17.5 Å². The number of ether oxygens (including phenoxy) is 1. The van der Waals surface area contributed by atoms with Crippen molar-refractivity contribution < 1.29 is 14.3 Å². The molecule has 0 spiro atoms. The lowest BCUT2D eigenvalue weighted by molar-refractivity contribution is -0.132. The Labute approximate surface area is 184 Å². The van der Waals surface area contributed by atoms with E-state index >= 15 is 0 Å². The lowest BCUT2D eigenvalue weighted by atomic mass is 10.2.